The largest absolute Gasteiger partial charge is 0.416 e. The van der Waals surface area contributed by atoms with Crippen molar-refractivity contribution in [3.8, 4) is 0 Å². The molecule has 1 amide bonds. The summed E-state index contributed by atoms with van der Waals surface area (Å²) >= 11 is 1.17. The van der Waals surface area contributed by atoms with E-state index in [9.17, 15) is 26.4 Å². The Balaban J connectivity index is 1.77. The summed E-state index contributed by atoms with van der Waals surface area (Å²) in [6.45, 7) is 0. The first kappa shape index (κ1) is 19.7. The molecule has 0 saturated heterocycles. The smallest absolute Gasteiger partial charge is 0.324 e. The number of benzene rings is 2. The Hall–Kier alpha value is -2.65. The summed E-state index contributed by atoms with van der Waals surface area (Å²) in [5.41, 5.74) is -0.0418. The Morgan fingerprint density at radius 3 is 2.28 bits per heavy atom. The maximum Gasteiger partial charge on any atom is 0.416 e. The minimum atomic E-state index is -4.45. The normalized spacial score (nSPS) is 16.9. The molecular formula is C20H14F3NO3S2. The topological polar surface area (TPSA) is 63.2 Å². The summed E-state index contributed by atoms with van der Waals surface area (Å²) in [6.07, 6.45) is -4.42. The van der Waals surface area contributed by atoms with Crippen molar-refractivity contribution in [2.45, 2.75) is 28.3 Å². The molecule has 4 rings (SSSR count). The molecule has 1 aliphatic heterocycles. The fourth-order valence-corrected chi connectivity index (χ4v) is 6.23. The van der Waals surface area contributed by atoms with Gasteiger partial charge in [-0.25, -0.2) is 8.42 Å². The first-order chi connectivity index (χ1) is 13.7. The number of rotatable bonds is 3. The fourth-order valence-electron chi connectivity index (χ4n) is 3.30. The summed E-state index contributed by atoms with van der Waals surface area (Å²) in [6, 6.07) is 12.5. The van der Waals surface area contributed by atoms with E-state index in [0.29, 0.717) is 10.4 Å². The maximum absolute atomic E-state index is 13.0. The third kappa shape index (κ3) is 3.56. The molecule has 1 aromatic heterocycles. The van der Waals surface area contributed by atoms with Crippen molar-refractivity contribution in [2.24, 2.45) is 0 Å². The van der Waals surface area contributed by atoms with Crippen molar-refractivity contribution in [3.63, 3.8) is 0 Å². The molecule has 2 aromatic carbocycles. The van der Waals surface area contributed by atoms with Crippen molar-refractivity contribution in [1.29, 1.82) is 0 Å². The molecule has 0 bridgehead atoms. The highest BCUT2D eigenvalue weighted by Crippen LogP contribution is 2.46. The summed E-state index contributed by atoms with van der Waals surface area (Å²) in [5.74, 6) is -0.893. The third-order valence-corrected chi connectivity index (χ3v) is 7.78. The van der Waals surface area contributed by atoms with Gasteiger partial charge < -0.3 is 5.32 Å². The summed E-state index contributed by atoms with van der Waals surface area (Å²) in [4.78, 5) is 13.0. The number of hydrogen-bond acceptors (Lipinski definition) is 4. The van der Waals surface area contributed by atoms with E-state index in [4.69, 9.17) is 0 Å². The number of carbonyl (C=O) groups is 1. The minimum absolute atomic E-state index is 0.00587. The average molecular weight is 437 g/mol. The van der Waals surface area contributed by atoms with Crippen LogP contribution in [-0.4, -0.2) is 14.3 Å². The summed E-state index contributed by atoms with van der Waals surface area (Å²) in [5, 5.41) is 4.10. The van der Waals surface area contributed by atoms with Crippen LogP contribution in [0.2, 0.25) is 0 Å². The number of halogens is 3. The van der Waals surface area contributed by atoms with E-state index in [1.165, 1.54) is 41.0 Å². The van der Waals surface area contributed by atoms with Gasteiger partial charge in [0.2, 0.25) is 15.7 Å². The third-order valence-electron chi connectivity index (χ3n) is 4.74. The van der Waals surface area contributed by atoms with Crippen LogP contribution in [0.25, 0.3) is 0 Å². The molecule has 0 unspecified atom stereocenters. The van der Waals surface area contributed by atoms with E-state index in [0.717, 1.165) is 12.1 Å². The Labute approximate surface area is 168 Å². The van der Waals surface area contributed by atoms with Crippen LogP contribution in [0.4, 0.5) is 18.9 Å². The quantitative estimate of drug-likeness (QED) is 0.622. The highest BCUT2D eigenvalue weighted by molar-refractivity contribution is 7.91. The number of carbonyl (C=O) groups excluding carboxylic acids is 1. The molecule has 0 saturated carbocycles. The second-order valence-corrected chi connectivity index (χ2v) is 9.41. The van der Waals surface area contributed by atoms with Crippen molar-refractivity contribution < 1.29 is 26.4 Å². The molecule has 1 aliphatic rings. The highest BCUT2D eigenvalue weighted by atomic mass is 32.2. The highest BCUT2D eigenvalue weighted by Gasteiger charge is 2.35. The van der Waals surface area contributed by atoms with Crippen LogP contribution in [0.5, 0.6) is 0 Å². The molecule has 2 heterocycles. The molecule has 0 radical (unpaired) electrons. The zero-order valence-corrected chi connectivity index (χ0v) is 16.4. The van der Waals surface area contributed by atoms with E-state index >= 15 is 0 Å². The minimum Gasteiger partial charge on any atom is -0.324 e. The fraction of sp³-hybridized carbons (Fsp3) is 0.150. The van der Waals surface area contributed by atoms with Crippen LogP contribution in [0.15, 0.2) is 69.8 Å². The van der Waals surface area contributed by atoms with Crippen LogP contribution in [0, 0.1) is 0 Å². The van der Waals surface area contributed by atoms with Gasteiger partial charge in [0.25, 0.3) is 0 Å². The van der Waals surface area contributed by atoms with E-state index < -0.39 is 27.5 Å². The lowest BCUT2D eigenvalue weighted by molar-refractivity contribution is -0.137. The zero-order chi connectivity index (χ0) is 20.8. The van der Waals surface area contributed by atoms with Crippen LogP contribution >= 0.6 is 11.3 Å². The van der Waals surface area contributed by atoms with Crippen molar-refractivity contribution in [1.82, 2.24) is 0 Å². The van der Waals surface area contributed by atoms with Crippen molar-refractivity contribution in [2.75, 3.05) is 5.32 Å². The van der Waals surface area contributed by atoms with Gasteiger partial charge in [-0.1, -0.05) is 30.3 Å². The number of alkyl halides is 3. The molecule has 1 atom stereocenters. The van der Waals surface area contributed by atoms with E-state index in [-0.39, 0.29) is 27.8 Å². The second-order valence-electron chi connectivity index (χ2n) is 6.58. The summed E-state index contributed by atoms with van der Waals surface area (Å²) < 4.78 is 64.5. The average Bonchev–Trinajstić information content (AvgIpc) is 3.12. The predicted molar refractivity (Wildman–Crippen MR) is 103 cm³/mol. The van der Waals surface area contributed by atoms with Gasteiger partial charge in [0.15, 0.2) is 0 Å². The lowest BCUT2D eigenvalue weighted by atomic mass is 9.90. The van der Waals surface area contributed by atoms with E-state index in [1.807, 2.05) is 0 Å². The van der Waals surface area contributed by atoms with Crippen LogP contribution in [-0.2, 0) is 20.8 Å². The Kier molecular flexibility index (Phi) is 4.74. The van der Waals surface area contributed by atoms with E-state index in [2.05, 4.69) is 5.32 Å². The number of anilines is 1. The zero-order valence-electron chi connectivity index (χ0n) is 14.7. The lowest BCUT2D eigenvalue weighted by Crippen LogP contribution is -2.23. The number of nitrogens with one attached hydrogen (secondary N) is 1. The van der Waals surface area contributed by atoms with Gasteiger partial charge in [-0.15, -0.1) is 11.3 Å². The molecule has 4 nitrogen and oxygen atoms in total. The monoisotopic (exact) mass is 437 g/mol. The molecule has 0 aliphatic carbocycles. The van der Waals surface area contributed by atoms with E-state index in [1.54, 1.807) is 18.2 Å². The molecule has 3 aromatic rings. The molecular weight excluding hydrogens is 423 g/mol. The van der Waals surface area contributed by atoms with Crippen LogP contribution in [0.1, 0.15) is 28.3 Å². The van der Waals surface area contributed by atoms with Gasteiger partial charge in [0.1, 0.15) is 4.90 Å². The first-order valence-corrected chi connectivity index (χ1v) is 10.9. The molecule has 0 spiro atoms. The second kappa shape index (κ2) is 7.00. The Morgan fingerprint density at radius 1 is 1.00 bits per heavy atom. The first-order valence-electron chi connectivity index (χ1n) is 8.56. The van der Waals surface area contributed by atoms with Gasteiger partial charge in [-0.05, 0) is 29.8 Å². The van der Waals surface area contributed by atoms with Gasteiger partial charge in [0, 0.05) is 22.6 Å². The molecule has 0 fully saturated rings. The van der Waals surface area contributed by atoms with Gasteiger partial charge in [-0.3, -0.25) is 4.79 Å². The predicted octanol–water partition coefficient (Wildman–Crippen LogP) is 5.07. The number of fused-ring (bicyclic) bond motifs is 1. The van der Waals surface area contributed by atoms with Crippen LogP contribution in [0.3, 0.4) is 0 Å². The van der Waals surface area contributed by atoms with Crippen molar-refractivity contribution >= 4 is 32.8 Å². The van der Waals surface area contributed by atoms with Gasteiger partial charge in [-0.2, -0.15) is 13.2 Å². The van der Waals surface area contributed by atoms with Crippen molar-refractivity contribution in [3.05, 3.63) is 76.0 Å². The molecule has 150 valence electrons. The number of sulfone groups is 1. The number of hydrogen-bond donors (Lipinski definition) is 1. The molecule has 1 N–H and O–H groups in total. The maximum atomic E-state index is 13.0. The Morgan fingerprint density at radius 2 is 1.66 bits per heavy atom. The van der Waals surface area contributed by atoms with Gasteiger partial charge in [0.05, 0.1) is 16.1 Å². The Bertz CT molecular complexity index is 1170. The lowest BCUT2D eigenvalue weighted by Gasteiger charge is -2.24. The van der Waals surface area contributed by atoms with Gasteiger partial charge >= 0.3 is 6.18 Å². The SMILES string of the molecule is O=C1C[C@H](c2ccc(C(F)(F)F)cc2)c2scc(S(=O)(=O)c3ccccc3)c2N1. The standard InChI is InChI=1S/C20H14F3NO3S2/c21-20(22,23)13-8-6-12(7-9-13)15-10-17(25)24-18-16(11-28-19(15)18)29(26,27)14-4-2-1-3-5-14/h1-9,11,15H,10H2,(H,24,25)/t15-/m1/s1. The van der Waals surface area contributed by atoms with Crippen LogP contribution < -0.4 is 5.32 Å². The number of amides is 1. The summed E-state index contributed by atoms with van der Waals surface area (Å²) in [7, 11) is -3.85. The molecule has 9 heteroatoms. The molecule has 29 heavy (non-hydrogen) atoms. The number of thiophene rings is 1.